The minimum atomic E-state index is -0.419. The number of nitrogens with zero attached hydrogens (tertiary/aromatic N) is 7. The molecule has 1 saturated carbocycles. The number of rotatable bonds is 8. The van der Waals surface area contributed by atoms with E-state index >= 15 is 0 Å². The van der Waals surface area contributed by atoms with E-state index in [1.54, 1.807) is 6.20 Å². The van der Waals surface area contributed by atoms with Gasteiger partial charge in [0.2, 0.25) is 11.9 Å². The van der Waals surface area contributed by atoms with Crippen molar-refractivity contribution in [1.29, 1.82) is 0 Å². The highest BCUT2D eigenvalue weighted by atomic mass is 35.5. The predicted octanol–water partition coefficient (Wildman–Crippen LogP) is 3.40. The van der Waals surface area contributed by atoms with Gasteiger partial charge in [0, 0.05) is 63.1 Å². The summed E-state index contributed by atoms with van der Waals surface area (Å²) in [6.07, 6.45) is 11.1. The molecule has 2 aliphatic heterocycles. The first-order chi connectivity index (χ1) is 18.9. The third-order valence-corrected chi connectivity index (χ3v) is 7.98. The lowest BCUT2D eigenvalue weighted by atomic mass is 10.0. The lowest BCUT2D eigenvalue weighted by molar-refractivity contribution is -0.120. The van der Waals surface area contributed by atoms with E-state index in [0.29, 0.717) is 23.3 Å². The number of piperidine rings is 1. The first-order valence-corrected chi connectivity index (χ1v) is 13.9. The molecular formula is C27H32ClN9O2. The number of carbonyl (C=O) groups excluding carboxylic acids is 2. The monoisotopic (exact) mass is 549 g/mol. The topological polar surface area (TPSA) is 121 Å². The maximum atomic E-state index is 12.1. The van der Waals surface area contributed by atoms with Crippen LogP contribution >= 0.6 is 11.6 Å². The normalized spacial score (nSPS) is 18.9. The van der Waals surface area contributed by atoms with Gasteiger partial charge in [-0.2, -0.15) is 5.10 Å². The Morgan fingerprint density at radius 2 is 1.87 bits per heavy atom. The van der Waals surface area contributed by atoms with Crippen molar-refractivity contribution in [2.45, 2.75) is 51.1 Å². The van der Waals surface area contributed by atoms with Gasteiger partial charge in [-0.3, -0.25) is 24.6 Å². The summed E-state index contributed by atoms with van der Waals surface area (Å²) < 4.78 is 1.94. The fourth-order valence-corrected chi connectivity index (χ4v) is 5.45. The number of halogens is 1. The van der Waals surface area contributed by atoms with Crippen LogP contribution in [0.3, 0.4) is 0 Å². The number of amides is 3. The smallest absolute Gasteiger partial charge is 0.329 e. The molecule has 6 rings (SSSR count). The van der Waals surface area contributed by atoms with Crippen molar-refractivity contribution in [2.75, 3.05) is 29.9 Å². The molecule has 12 heteroatoms. The van der Waals surface area contributed by atoms with Gasteiger partial charge < -0.3 is 5.32 Å². The zero-order valence-electron chi connectivity index (χ0n) is 21.9. The van der Waals surface area contributed by atoms with Gasteiger partial charge in [-0.15, -0.1) is 0 Å². The van der Waals surface area contributed by atoms with Crippen molar-refractivity contribution in [3.63, 3.8) is 0 Å². The van der Waals surface area contributed by atoms with Gasteiger partial charge in [0.25, 0.3) is 0 Å². The van der Waals surface area contributed by atoms with Crippen molar-refractivity contribution < 1.29 is 9.59 Å². The Hall–Kier alpha value is -3.57. The van der Waals surface area contributed by atoms with E-state index in [-0.39, 0.29) is 18.4 Å². The molecule has 3 amide bonds. The van der Waals surface area contributed by atoms with Crippen LogP contribution in [0.1, 0.15) is 43.4 Å². The molecule has 0 aromatic carbocycles. The third-order valence-electron chi connectivity index (χ3n) is 7.71. The van der Waals surface area contributed by atoms with E-state index in [0.717, 1.165) is 61.6 Å². The summed E-state index contributed by atoms with van der Waals surface area (Å²) in [7, 11) is 1.98. The largest absolute Gasteiger partial charge is 0.351 e. The molecule has 3 aliphatic rings. The van der Waals surface area contributed by atoms with Gasteiger partial charge in [0.1, 0.15) is 5.82 Å². The molecule has 0 atom stereocenters. The number of aryl methyl sites for hydroxylation is 1. The average Bonchev–Trinajstić information content (AvgIpc) is 3.68. The van der Waals surface area contributed by atoms with Crippen molar-refractivity contribution in [3.8, 4) is 11.3 Å². The molecule has 0 bridgehead atoms. The van der Waals surface area contributed by atoms with E-state index < -0.39 is 6.03 Å². The highest BCUT2D eigenvalue weighted by Crippen LogP contribution is 2.37. The number of pyridine rings is 1. The van der Waals surface area contributed by atoms with Crippen LogP contribution in [0.4, 0.5) is 16.6 Å². The zero-order chi connectivity index (χ0) is 26.9. The molecule has 1 aliphatic carbocycles. The number of urea groups is 1. The van der Waals surface area contributed by atoms with Gasteiger partial charge in [-0.05, 0) is 49.7 Å². The van der Waals surface area contributed by atoms with E-state index in [1.165, 1.54) is 23.4 Å². The van der Waals surface area contributed by atoms with Crippen LogP contribution in [0.2, 0.25) is 5.02 Å². The Labute approximate surface area is 232 Å². The Morgan fingerprint density at radius 1 is 1.05 bits per heavy atom. The predicted molar refractivity (Wildman–Crippen MR) is 147 cm³/mol. The standard InChI is InChI=1S/C27H32ClN9O2/c1-35-22(12-17-2-3-17)20(14-31-35)25-21(28)15-30-26(34-25)32-19-6-9-36(10-7-19)16-18-4-5-23(29-13-18)37-11-8-24(38)33-27(37)39/h4-5,13-15,17,19H,2-3,6-12,16H2,1H3,(H,30,32,34)(H,33,38,39). The number of anilines is 2. The van der Waals surface area contributed by atoms with Gasteiger partial charge in [0.05, 0.1) is 23.1 Å². The minimum absolute atomic E-state index is 0.250. The van der Waals surface area contributed by atoms with E-state index in [2.05, 4.69) is 30.6 Å². The van der Waals surface area contributed by atoms with Crippen molar-refractivity contribution in [2.24, 2.45) is 13.0 Å². The van der Waals surface area contributed by atoms with Gasteiger partial charge in [-0.1, -0.05) is 17.7 Å². The fraction of sp³-hybridized carbons (Fsp3) is 0.481. The number of hydrogen-bond donors (Lipinski definition) is 2. The molecule has 204 valence electrons. The summed E-state index contributed by atoms with van der Waals surface area (Å²) in [6, 6.07) is 3.69. The molecule has 3 aromatic rings. The number of nitrogens with one attached hydrogen (secondary N) is 2. The highest BCUT2D eigenvalue weighted by Gasteiger charge is 2.27. The second-order valence-corrected chi connectivity index (χ2v) is 11.0. The van der Waals surface area contributed by atoms with Crippen LogP contribution in [-0.4, -0.2) is 67.2 Å². The summed E-state index contributed by atoms with van der Waals surface area (Å²) in [6.45, 7) is 3.01. The van der Waals surface area contributed by atoms with Crippen molar-refractivity contribution >= 4 is 35.3 Å². The summed E-state index contributed by atoms with van der Waals surface area (Å²) in [4.78, 5) is 41.0. The number of likely N-dealkylation sites (tertiary alicyclic amines) is 1. The Balaban J connectivity index is 1.04. The first-order valence-electron chi connectivity index (χ1n) is 13.5. The summed E-state index contributed by atoms with van der Waals surface area (Å²) >= 11 is 6.53. The fourth-order valence-electron chi connectivity index (χ4n) is 5.25. The average molecular weight is 550 g/mol. The SMILES string of the molecule is Cn1ncc(-c2nc(NC3CCN(Cc4ccc(N5CCC(=O)NC5=O)nc4)CC3)ncc2Cl)c1CC1CC1. The maximum Gasteiger partial charge on any atom is 0.329 e. The molecule has 3 fully saturated rings. The van der Waals surface area contributed by atoms with Gasteiger partial charge in [-0.25, -0.2) is 19.7 Å². The molecule has 2 N–H and O–H groups in total. The van der Waals surface area contributed by atoms with Crippen LogP contribution in [0.5, 0.6) is 0 Å². The van der Waals surface area contributed by atoms with Crippen molar-refractivity contribution in [1.82, 2.24) is 34.9 Å². The Morgan fingerprint density at radius 3 is 2.59 bits per heavy atom. The quantitative estimate of drug-likeness (QED) is 0.438. The summed E-state index contributed by atoms with van der Waals surface area (Å²) in [5.41, 5.74) is 3.99. The second-order valence-electron chi connectivity index (χ2n) is 10.6. The molecule has 2 saturated heterocycles. The second kappa shape index (κ2) is 10.9. The number of imide groups is 1. The van der Waals surface area contributed by atoms with Gasteiger partial charge in [0.15, 0.2) is 0 Å². The van der Waals surface area contributed by atoms with Crippen LogP contribution in [0.25, 0.3) is 11.3 Å². The van der Waals surface area contributed by atoms with Crippen LogP contribution in [-0.2, 0) is 24.8 Å². The van der Waals surface area contributed by atoms with Crippen molar-refractivity contribution in [3.05, 3.63) is 47.0 Å². The Bertz CT molecular complexity index is 1360. The molecule has 0 unspecified atom stereocenters. The molecule has 0 radical (unpaired) electrons. The number of aromatic nitrogens is 5. The summed E-state index contributed by atoms with van der Waals surface area (Å²) in [5.74, 6) is 1.64. The number of hydrogen-bond acceptors (Lipinski definition) is 8. The molecule has 5 heterocycles. The molecule has 3 aromatic heterocycles. The summed E-state index contributed by atoms with van der Waals surface area (Å²) in [5, 5.41) is 10.9. The Kier molecular flexibility index (Phi) is 7.18. The van der Waals surface area contributed by atoms with E-state index in [9.17, 15) is 9.59 Å². The minimum Gasteiger partial charge on any atom is -0.351 e. The molecule has 39 heavy (non-hydrogen) atoms. The van der Waals surface area contributed by atoms with E-state index in [1.807, 2.05) is 36.3 Å². The van der Waals surface area contributed by atoms with Crippen LogP contribution in [0, 0.1) is 5.92 Å². The number of carbonyl (C=O) groups is 2. The van der Waals surface area contributed by atoms with Gasteiger partial charge >= 0.3 is 6.03 Å². The maximum absolute atomic E-state index is 12.1. The molecular weight excluding hydrogens is 518 g/mol. The van der Waals surface area contributed by atoms with Crippen LogP contribution < -0.4 is 15.5 Å². The van der Waals surface area contributed by atoms with E-state index in [4.69, 9.17) is 16.6 Å². The lowest BCUT2D eigenvalue weighted by Gasteiger charge is -2.32. The lowest BCUT2D eigenvalue weighted by Crippen LogP contribution is -2.49. The molecule has 11 nitrogen and oxygen atoms in total. The third kappa shape index (κ3) is 5.89. The first kappa shape index (κ1) is 25.7. The molecule has 0 spiro atoms. The highest BCUT2D eigenvalue weighted by molar-refractivity contribution is 6.33. The zero-order valence-corrected chi connectivity index (χ0v) is 22.7. The van der Waals surface area contributed by atoms with Crippen LogP contribution in [0.15, 0.2) is 30.7 Å².